The predicted octanol–water partition coefficient (Wildman–Crippen LogP) is 0.538. The van der Waals surface area contributed by atoms with E-state index in [0.29, 0.717) is 24.6 Å². The topological polar surface area (TPSA) is 120 Å². The van der Waals surface area contributed by atoms with E-state index >= 15 is 0 Å². The number of nitrogen functional groups attached to an aromatic ring is 1. The van der Waals surface area contributed by atoms with Crippen LogP contribution in [0.3, 0.4) is 0 Å². The van der Waals surface area contributed by atoms with Gasteiger partial charge in [0.1, 0.15) is 5.82 Å². The van der Waals surface area contributed by atoms with Crippen LogP contribution in [0.1, 0.15) is 41.9 Å². The van der Waals surface area contributed by atoms with Gasteiger partial charge in [0, 0.05) is 18.9 Å². The molecule has 0 saturated heterocycles. The maximum Gasteiger partial charge on any atom is 0.272 e. The highest BCUT2D eigenvalue weighted by Gasteiger charge is 2.14. The van der Waals surface area contributed by atoms with E-state index in [9.17, 15) is 4.79 Å². The number of amides is 1. The molecule has 1 amide bonds. The summed E-state index contributed by atoms with van der Waals surface area (Å²) in [6.45, 7) is 4.27. The first-order valence-corrected chi connectivity index (χ1v) is 6.23. The maximum absolute atomic E-state index is 12.0. The highest BCUT2D eigenvalue weighted by atomic mass is 16.5. The van der Waals surface area contributed by atoms with Gasteiger partial charge in [-0.05, 0) is 0 Å². The van der Waals surface area contributed by atoms with Crippen molar-refractivity contribution in [2.24, 2.45) is 0 Å². The van der Waals surface area contributed by atoms with E-state index in [1.165, 1.54) is 12.6 Å². The van der Waals surface area contributed by atoms with Crippen molar-refractivity contribution in [3.05, 3.63) is 29.9 Å². The number of carbonyl (C=O) groups excluding carboxylic acids is 1. The summed E-state index contributed by atoms with van der Waals surface area (Å²) in [5.41, 5.74) is 6.18. The highest BCUT2D eigenvalue weighted by molar-refractivity contribution is 5.96. The highest BCUT2D eigenvalue weighted by Crippen LogP contribution is 2.13. The third kappa shape index (κ3) is 3.28. The molecule has 0 atom stereocenters. The number of nitrogens with one attached hydrogen (secondary N) is 1. The van der Waals surface area contributed by atoms with E-state index in [2.05, 4.69) is 29.9 Å². The molecule has 0 aliphatic carbocycles. The van der Waals surface area contributed by atoms with Crippen LogP contribution in [0.25, 0.3) is 0 Å². The molecule has 20 heavy (non-hydrogen) atoms. The summed E-state index contributed by atoms with van der Waals surface area (Å²) in [5.74, 6) is 0.906. The molecule has 0 aliphatic rings. The fourth-order valence-corrected chi connectivity index (χ4v) is 1.54. The van der Waals surface area contributed by atoms with Crippen LogP contribution in [0.5, 0.6) is 0 Å². The molecule has 2 heterocycles. The summed E-state index contributed by atoms with van der Waals surface area (Å²) >= 11 is 0. The van der Waals surface area contributed by atoms with Crippen molar-refractivity contribution in [1.29, 1.82) is 0 Å². The van der Waals surface area contributed by atoms with Gasteiger partial charge in [-0.1, -0.05) is 19.0 Å². The first-order chi connectivity index (χ1) is 9.58. The van der Waals surface area contributed by atoms with Crippen molar-refractivity contribution >= 4 is 11.6 Å². The lowest BCUT2D eigenvalue weighted by atomic mass is 10.2. The number of anilines is 1. The summed E-state index contributed by atoms with van der Waals surface area (Å²) in [4.78, 5) is 24.2. The van der Waals surface area contributed by atoms with Crippen molar-refractivity contribution in [2.75, 3.05) is 12.3 Å². The molecule has 0 aromatic carbocycles. The van der Waals surface area contributed by atoms with Gasteiger partial charge < -0.3 is 15.6 Å². The van der Waals surface area contributed by atoms with E-state index in [1.54, 1.807) is 0 Å². The molecular formula is C12H16N6O2. The van der Waals surface area contributed by atoms with Crippen molar-refractivity contribution in [3.8, 4) is 0 Å². The zero-order valence-electron chi connectivity index (χ0n) is 11.3. The summed E-state index contributed by atoms with van der Waals surface area (Å²) < 4.78 is 4.60. The van der Waals surface area contributed by atoms with Crippen molar-refractivity contribution in [2.45, 2.75) is 26.2 Å². The van der Waals surface area contributed by atoms with Gasteiger partial charge in [-0.25, -0.2) is 9.97 Å². The summed E-state index contributed by atoms with van der Waals surface area (Å²) in [6.07, 6.45) is 3.18. The average Bonchev–Trinajstić information content (AvgIpc) is 2.92. The van der Waals surface area contributed by atoms with Gasteiger partial charge in [0.05, 0.1) is 11.9 Å². The van der Waals surface area contributed by atoms with Crippen LogP contribution in [-0.2, 0) is 6.42 Å². The first-order valence-electron chi connectivity index (χ1n) is 6.23. The Morgan fingerprint density at radius 1 is 1.45 bits per heavy atom. The molecule has 2 aromatic rings. The number of nitrogens with two attached hydrogens (primary N) is 1. The standard InChI is InChI=1S/C12H16N6O2/c1-7(2)11-15-5-8(13)10(17-11)12(19)14-4-3-9-16-6-20-18-9/h5-7H,3-4,13H2,1-2H3,(H,14,19). The molecule has 8 nitrogen and oxygen atoms in total. The number of nitrogens with zero attached hydrogens (tertiary/aromatic N) is 4. The molecule has 0 saturated carbocycles. The average molecular weight is 276 g/mol. The minimum Gasteiger partial charge on any atom is -0.396 e. The van der Waals surface area contributed by atoms with Crippen molar-refractivity contribution < 1.29 is 9.32 Å². The van der Waals surface area contributed by atoms with E-state index in [4.69, 9.17) is 5.73 Å². The van der Waals surface area contributed by atoms with Crippen molar-refractivity contribution in [1.82, 2.24) is 25.4 Å². The van der Waals surface area contributed by atoms with Gasteiger partial charge in [0.25, 0.3) is 5.91 Å². The van der Waals surface area contributed by atoms with Crippen LogP contribution < -0.4 is 11.1 Å². The third-order valence-electron chi connectivity index (χ3n) is 2.61. The van der Waals surface area contributed by atoms with Gasteiger partial charge >= 0.3 is 0 Å². The van der Waals surface area contributed by atoms with Crippen LogP contribution in [0.4, 0.5) is 5.69 Å². The Labute approximate surface area is 115 Å². The maximum atomic E-state index is 12.0. The van der Waals surface area contributed by atoms with E-state index in [0.717, 1.165) is 0 Å². The third-order valence-corrected chi connectivity index (χ3v) is 2.61. The molecule has 0 radical (unpaired) electrons. The van der Waals surface area contributed by atoms with Gasteiger partial charge in [-0.15, -0.1) is 0 Å². The van der Waals surface area contributed by atoms with Crippen LogP contribution in [0.15, 0.2) is 17.1 Å². The van der Waals surface area contributed by atoms with Crippen LogP contribution in [0, 0.1) is 0 Å². The Kier molecular flexibility index (Phi) is 4.24. The minimum absolute atomic E-state index is 0.126. The Morgan fingerprint density at radius 2 is 2.25 bits per heavy atom. The smallest absolute Gasteiger partial charge is 0.272 e. The molecule has 0 bridgehead atoms. The number of rotatable bonds is 5. The molecule has 0 spiro atoms. The Morgan fingerprint density at radius 3 is 2.90 bits per heavy atom. The molecule has 0 fully saturated rings. The quantitative estimate of drug-likeness (QED) is 0.817. The number of hydrogen-bond donors (Lipinski definition) is 2. The molecule has 106 valence electrons. The number of hydrogen-bond acceptors (Lipinski definition) is 7. The fourth-order valence-electron chi connectivity index (χ4n) is 1.54. The first kappa shape index (κ1) is 13.9. The van der Waals surface area contributed by atoms with Crippen LogP contribution >= 0.6 is 0 Å². The van der Waals surface area contributed by atoms with Crippen LogP contribution in [-0.4, -0.2) is 32.6 Å². The summed E-state index contributed by atoms with van der Waals surface area (Å²) in [7, 11) is 0. The monoisotopic (exact) mass is 276 g/mol. The SMILES string of the molecule is CC(C)c1ncc(N)c(C(=O)NCCc2ncon2)n1. The van der Waals surface area contributed by atoms with E-state index in [-0.39, 0.29) is 23.2 Å². The minimum atomic E-state index is -0.338. The predicted molar refractivity (Wildman–Crippen MR) is 70.9 cm³/mol. The molecule has 8 heteroatoms. The Bertz CT molecular complexity index is 582. The van der Waals surface area contributed by atoms with Gasteiger partial charge in [-0.2, -0.15) is 4.98 Å². The Hall–Kier alpha value is -2.51. The zero-order valence-corrected chi connectivity index (χ0v) is 11.3. The lowest BCUT2D eigenvalue weighted by molar-refractivity contribution is 0.0949. The normalized spacial score (nSPS) is 10.8. The van der Waals surface area contributed by atoms with E-state index < -0.39 is 0 Å². The summed E-state index contributed by atoms with van der Waals surface area (Å²) in [5, 5.41) is 6.37. The molecule has 3 N–H and O–H groups in total. The zero-order chi connectivity index (χ0) is 14.5. The molecular weight excluding hydrogens is 260 g/mol. The molecule has 2 rings (SSSR count). The molecule has 0 unspecified atom stereocenters. The Balaban J connectivity index is 1.99. The fraction of sp³-hybridized carbons (Fsp3) is 0.417. The number of aromatic nitrogens is 4. The van der Waals surface area contributed by atoms with Gasteiger partial charge in [0.2, 0.25) is 6.39 Å². The lowest BCUT2D eigenvalue weighted by Crippen LogP contribution is -2.28. The summed E-state index contributed by atoms with van der Waals surface area (Å²) in [6, 6.07) is 0. The molecule has 0 aliphatic heterocycles. The second kappa shape index (κ2) is 6.09. The second-order valence-corrected chi connectivity index (χ2v) is 4.54. The largest absolute Gasteiger partial charge is 0.396 e. The van der Waals surface area contributed by atoms with E-state index in [1.807, 2.05) is 13.8 Å². The molecule has 2 aromatic heterocycles. The van der Waals surface area contributed by atoms with Gasteiger partial charge in [-0.3, -0.25) is 4.79 Å². The van der Waals surface area contributed by atoms with Crippen LogP contribution in [0.2, 0.25) is 0 Å². The van der Waals surface area contributed by atoms with Gasteiger partial charge in [0.15, 0.2) is 11.5 Å². The lowest BCUT2D eigenvalue weighted by Gasteiger charge is -2.09. The number of carbonyl (C=O) groups is 1. The van der Waals surface area contributed by atoms with Crippen molar-refractivity contribution in [3.63, 3.8) is 0 Å². The second-order valence-electron chi connectivity index (χ2n) is 4.54.